The van der Waals surface area contributed by atoms with Gasteiger partial charge in [0, 0.05) is 31.9 Å². The van der Waals surface area contributed by atoms with Crippen molar-refractivity contribution < 1.29 is 18.3 Å². The van der Waals surface area contributed by atoms with Gasteiger partial charge in [0.05, 0.1) is 6.54 Å². The van der Waals surface area contributed by atoms with E-state index in [4.69, 9.17) is 0 Å². The molecule has 126 valence electrons. The molecule has 1 aromatic rings. The number of anilines is 1. The highest BCUT2D eigenvalue weighted by Gasteiger charge is 2.13. The van der Waals surface area contributed by atoms with Crippen LogP contribution in [0.25, 0.3) is 0 Å². The summed E-state index contributed by atoms with van der Waals surface area (Å²) in [5.74, 6) is -0.0467. The number of hydrogen-bond acceptors (Lipinski definition) is 4. The minimum absolute atomic E-state index is 0. The predicted molar refractivity (Wildman–Crippen MR) is 85.5 cm³/mol. The number of piperazine rings is 1. The van der Waals surface area contributed by atoms with Crippen LogP contribution >= 0.6 is 24.8 Å². The average Bonchev–Trinajstić information content (AvgIpc) is 2.41. The average molecular weight is 358 g/mol. The zero-order valence-corrected chi connectivity index (χ0v) is 13.4. The van der Waals surface area contributed by atoms with Crippen LogP contribution in [0.2, 0.25) is 0 Å². The Morgan fingerprint density at radius 1 is 1.23 bits per heavy atom. The van der Waals surface area contributed by atoms with Gasteiger partial charge in [0.2, 0.25) is 5.91 Å². The van der Waals surface area contributed by atoms with Crippen molar-refractivity contribution in [3.8, 4) is 5.75 Å². The van der Waals surface area contributed by atoms with Crippen LogP contribution in [0.5, 0.6) is 5.75 Å². The highest BCUT2D eigenvalue weighted by Crippen LogP contribution is 2.17. The fourth-order valence-electron chi connectivity index (χ4n) is 1.99. The Kier molecular flexibility index (Phi) is 10.0. The maximum atomic E-state index is 12.0. The van der Waals surface area contributed by atoms with Crippen molar-refractivity contribution in [2.75, 3.05) is 38.0 Å². The van der Waals surface area contributed by atoms with Gasteiger partial charge in [-0.1, -0.05) is 0 Å². The standard InChI is InChI=1S/C13H17F2N3O2.2ClH/c14-13(15)20-11-3-1-10(2-4-11)17-12(19)9-18-7-5-16-6-8-18;;/h1-4,13,16H,5-9H2,(H,17,19);2*1H. The number of halogens is 4. The van der Waals surface area contributed by atoms with Crippen molar-refractivity contribution in [1.29, 1.82) is 0 Å². The second kappa shape index (κ2) is 10.6. The second-order valence-electron chi connectivity index (χ2n) is 4.48. The van der Waals surface area contributed by atoms with Crippen LogP contribution < -0.4 is 15.4 Å². The molecule has 1 aliphatic rings. The van der Waals surface area contributed by atoms with E-state index < -0.39 is 6.61 Å². The number of rotatable bonds is 5. The number of hydrogen-bond donors (Lipinski definition) is 2. The van der Waals surface area contributed by atoms with Crippen LogP contribution in [0, 0.1) is 0 Å². The Hall–Kier alpha value is -1.15. The molecule has 1 amide bonds. The summed E-state index contributed by atoms with van der Waals surface area (Å²) in [4.78, 5) is 13.9. The van der Waals surface area contributed by atoms with Gasteiger partial charge in [-0.25, -0.2) is 0 Å². The van der Waals surface area contributed by atoms with E-state index in [1.54, 1.807) is 0 Å². The summed E-state index contributed by atoms with van der Waals surface area (Å²) >= 11 is 0. The van der Waals surface area contributed by atoms with Crippen molar-refractivity contribution in [3.05, 3.63) is 24.3 Å². The summed E-state index contributed by atoms with van der Waals surface area (Å²) in [5.41, 5.74) is 0.562. The molecule has 0 unspecified atom stereocenters. The van der Waals surface area contributed by atoms with Crippen LogP contribution in [-0.4, -0.2) is 50.1 Å². The highest BCUT2D eigenvalue weighted by atomic mass is 35.5. The van der Waals surface area contributed by atoms with E-state index in [1.807, 2.05) is 0 Å². The number of carbonyl (C=O) groups is 1. The third kappa shape index (κ3) is 7.22. The fraction of sp³-hybridized carbons (Fsp3) is 0.462. The predicted octanol–water partition coefficient (Wildman–Crippen LogP) is 1.98. The van der Waals surface area contributed by atoms with Crippen molar-refractivity contribution in [2.24, 2.45) is 0 Å². The summed E-state index contributed by atoms with van der Waals surface area (Å²) in [6.45, 7) is 0.934. The Labute approximate surface area is 140 Å². The summed E-state index contributed by atoms with van der Waals surface area (Å²) < 4.78 is 28.2. The first-order chi connectivity index (χ1) is 9.63. The minimum atomic E-state index is -2.84. The molecule has 1 saturated heterocycles. The van der Waals surface area contributed by atoms with E-state index in [0.717, 1.165) is 26.2 Å². The number of alkyl halides is 2. The molecule has 0 atom stereocenters. The van der Waals surface area contributed by atoms with E-state index in [2.05, 4.69) is 20.3 Å². The van der Waals surface area contributed by atoms with Gasteiger partial charge in [-0.3, -0.25) is 9.69 Å². The number of nitrogens with one attached hydrogen (secondary N) is 2. The molecule has 1 heterocycles. The molecule has 9 heteroatoms. The van der Waals surface area contributed by atoms with Crippen LogP contribution in [-0.2, 0) is 4.79 Å². The van der Waals surface area contributed by atoms with Gasteiger partial charge in [-0.15, -0.1) is 24.8 Å². The van der Waals surface area contributed by atoms with Crippen molar-refractivity contribution >= 4 is 36.4 Å². The Balaban J connectivity index is 0.00000220. The minimum Gasteiger partial charge on any atom is -0.435 e. The number of benzene rings is 1. The van der Waals surface area contributed by atoms with Crippen LogP contribution in [0.3, 0.4) is 0 Å². The van der Waals surface area contributed by atoms with Crippen LogP contribution in [0.4, 0.5) is 14.5 Å². The van der Waals surface area contributed by atoms with Gasteiger partial charge in [0.15, 0.2) is 0 Å². The number of ether oxygens (including phenoxy) is 1. The molecule has 2 N–H and O–H groups in total. The number of amides is 1. The summed E-state index contributed by atoms with van der Waals surface area (Å²) in [5, 5.41) is 5.94. The first-order valence-corrected chi connectivity index (χ1v) is 6.41. The van der Waals surface area contributed by atoms with Crippen molar-refractivity contribution in [1.82, 2.24) is 10.2 Å². The fourth-order valence-corrected chi connectivity index (χ4v) is 1.99. The summed E-state index contributed by atoms with van der Waals surface area (Å²) in [6, 6.07) is 5.86. The third-order valence-electron chi connectivity index (χ3n) is 2.94. The molecular formula is C13H19Cl2F2N3O2. The lowest BCUT2D eigenvalue weighted by molar-refractivity contribution is -0.117. The maximum Gasteiger partial charge on any atom is 0.387 e. The topological polar surface area (TPSA) is 53.6 Å². The Morgan fingerprint density at radius 3 is 2.36 bits per heavy atom. The molecule has 5 nitrogen and oxygen atoms in total. The maximum absolute atomic E-state index is 12.0. The van der Waals surface area contributed by atoms with Gasteiger partial charge < -0.3 is 15.4 Å². The van der Waals surface area contributed by atoms with Crippen LogP contribution in [0.15, 0.2) is 24.3 Å². The van der Waals surface area contributed by atoms with E-state index in [9.17, 15) is 13.6 Å². The number of nitrogens with zero attached hydrogens (tertiary/aromatic N) is 1. The molecule has 0 spiro atoms. The van der Waals surface area contributed by atoms with E-state index in [1.165, 1.54) is 24.3 Å². The third-order valence-corrected chi connectivity index (χ3v) is 2.94. The summed E-state index contributed by atoms with van der Waals surface area (Å²) in [6.07, 6.45) is 0. The van der Waals surface area contributed by atoms with Gasteiger partial charge in [0.1, 0.15) is 5.75 Å². The zero-order chi connectivity index (χ0) is 14.4. The normalized spacial score (nSPS) is 14.7. The van der Waals surface area contributed by atoms with Crippen molar-refractivity contribution in [2.45, 2.75) is 6.61 Å². The molecule has 0 saturated carbocycles. The monoisotopic (exact) mass is 357 g/mol. The quantitative estimate of drug-likeness (QED) is 0.845. The van der Waals surface area contributed by atoms with Crippen LogP contribution in [0.1, 0.15) is 0 Å². The Morgan fingerprint density at radius 2 is 1.82 bits per heavy atom. The molecule has 0 aromatic heterocycles. The molecule has 0 radical (unpaired) electrons. The molecule has 0 bridgehead atoms. The van der Waals surface area contributed by atoms with E-state index in [0.29, 0.717) is 12.2 Å². The smallest absolute Gasteiger partial charge is 0.387 e. The van der Waals surface area contributed by atoms with Gasteiger partial charge in [-0.2, -0.15) is 8.78 Å². The van der Waals surface area contributed by atoms with Gasteiger partial charge >= 0.3 is 6.61 Å². The molecular weight excluding hydrogens is 339 g/mol. The van der Waals surface area contributed by atoms with E-state index >= 15 is 0 Å². The molecule has 2 rings (SSSR count). The SMILES string of the molecule is Cl.Cl.O=C(CN1CCNCC1)Nc1ccc(OC(F)F)cc1. The lowest BCUT2D eigenvalue weighted by atomic mass is 10.3. The highest BCUT2D eigenvalue weighted by molar-refractivity contribution is 5.92. The molecule has 0 aliphatic carbocycles. The van der Waals surface area contributed by atoms with Gasteiger partial charge in [-0.05, 0) is 24.3 Å². The summed E-state index contributed by atoms with van der Waals surface area (Å²) in [7, 11) is 0. The Bertz CT molecular complexity index is 443. The second-order valence-corrected chi connectivity index (χ2v) is 4.48. The first-order valence-electron chi connectivity index (χ1n) is 6.41. The lowest BCUT2D eigenvalue weighted by Gasteiger charge is -2.26. The van der Waals surface area contributed by atoms with Crippen molar-refractivity contribution in [3.63, 3.8) is 0 Å². The largest absolute Gasteiger partial charge is 0.435 e. The van der Waals surface area contributed by atoms with E-state index in [-0.39, 0.29) is 36.5 Å². The first kappa shape index (κ1) is 20.9. The molecule has 1 aliphatic heterocycles. The molecule has 22 heavy (non-hydrogen) atoms. The number of carbonyl (C=O) groups excluding carboxylic acids is 1. The molecule has 1 aromatic carbocycles. The zero-order valence-electron chi connectivity index (χ0n) is 11.8. The van der Waals surface area contributed by atoms with Gasteiger partial charge in [0.25, 0.3) is 0 Å². The molecule has 1 fully saturated rings. The lowest BCUT2D eigenvalue weighted by Crippen LogP contribution is -2.46.